The van der Waals surface area contributed by atoms with E-state index in [0.717, 1.165) is 38.6 Å². The van der Waals surface area contributed by atoms with Gasteiger partial charge in [0.05, 0.1) is 55.9 Å². The van der Waals surface area contributed by atoms with E-state index in [0.29, 0.717) is 108 Å². The molecule has 0 bridgehead atoms. The van der Waals surface area contributed by atoms with E-state index in [9.17, 15) is 134 Å². The van der Waals surface area contributed by atoms with Gasteiger partial charge in [-0.05, 0) is 166 Å². The summed E-state index contributed by atoms with van der Waals surface area (Å²) in [7, 11) is 0. The van der Waals surface area contributed by atoms with Crippen LogP contribution in [0.1, 0.15) is 141 Å². The normalized spacial score (nSPS) is 23.4. The third-order valence-electron chi connectivity index (χ3n) is 21.6. The van der Waals surface area contributed by atoms with Crippen LogP contribution >= 0.6 is 0 Å². The van der Waals surface area contributed by atoms with E-state index in [1.54, 1.807) is 111 Å². The quantitative estimate of drug-likeness (QED) is 0.0132. The number of benzene rings is 3. The monoisotopic (exact) mass is 1970 g/mol. The van der Waals surface area contributed by atoms with Gasteiger partial charge in [-0.1, -0.05) is 18.2 Å². The Kier molecular flexibility index (Phi) is 45.3. The van der Waals surface area contributed by atoms with Crippen LogP contribution in [0, 0.1) is 16.2 Å². The molecule has 3 aromatic carbocycles. The second-order valence-electron chi connectivity index (χ2n) is 35.9. The van der Waals surface area contributed by atoms with Gasteiger partial charge in [-0.15, -0.1) is 0 Å². The van der Waals surface area contributed by atoms with Crippen molar-refractivity contribution in [2.45, 2.75) is 245 Å². The third-order valence-corrected chi connectivity index (χ3v) is 21.6. The molecule has 6 aliphatic heterocycles. The van der Waals surface area contributed by atoms with Crippen LogP contribution in [0.4, 0.5) is 0 Å². The minimum absolute atomic E-state index is 0.000125. The van der Waals surface area contributed by atoms with Crippen molar-refractivity contribution in [1.29, 1.82) is 0 Å². The number of aliphatic carboxylic acids is 3. The average Bonchev–Trinajstić information content (AvgIpc) is 1.63. The summed E-state index contributed by atoms with van der Waals surface area (Å²) >= 11 is 0. The first kappa shape index (κ1) is 115. The second-order valence-corrected chi connectivity index (χ2v) is 35.9. The second kappa shape index (κ2) is 55.0. The lowest BCUT2D eigenvalue weighted by molar-refractivity contribution is -0.271. The number of hydrogen-bond donors (Lipinski definition) is 16. The summed E-state index contributed by atoms with van der Waals surface area (Å²) in [6.45, 7) is 18.4. The summed E-state index contributed by atoms with van der Waals surface area (Å²) in [4.78, 5) is 168. The Bertz CT molecular complexity index is 4740. The van der Waals surface area contributed by atoms with Crippen molar-refractivity contribution in [1.82, 2.24) is 30.7 Å². The molecule has 16 atom stereocenters. The minimum atomic E-state index is -1.87. The Hall–Kier alpha value is -11.4. The largest absolute Gasteiger partial charge is 0.479 e. The Balaban J connectivity index is 0.000000285. The number of carboxylic acid groups (broad SMARTS) is 3. The van der Waals surface area contributed by atoms with Gasteiger partial charge in [0.1, 0.15) is 98.2 Å². The van der Waals surface area contributed by atoms with Crippen molar-refractivity contribution in [3.05, 3.63) is 124 Å². The van der Waals surface area contributed by atoms with Gasteiger partial charge in [0.15, 0.2) is 18.3 Å². The lowest BCUT2D eigenvalue weighted by Gasteiger charge is -2.38. The van der Waals surface area contributed by atoms with Crippen LogP contribution < -0.4 is 30.2 Å². The molecule has 6 heterocycles. The van der Waals surface area contributed by atoms with Crippen LogP contribution in [0.15, 0.2) is 91.1 Å². The topological polar surface area (TPSA) is 668 Å². The lowest BCUT2D eigenvalue weighted by Crippen LogP contribution is -2.61. The average molecular weight is 1970 g/mol. The van der Waals surface area contributed by atoms with Gasteiger partial charge in [0.2, 0.25) is 42.5 Å². The molecule has 9 rings (SSSR count). The molecule has 0 spiro atoms. The van der Waals surface area contributed by atoms with E-state index in [1.165, 1.54) is 35.3 Å². The highest BCUT2D eigenvalue weighted by Crippen LogP contribution is 2.35. The number of nitrogens with zero attached hydrogens (tertiary/aromatic N) is 3. The van der Waals surface area contributed by atoms with Crippen LogP contribution in [0.5, 0.6) is 17.2 Å². The smallest absolute Gasteiger partial charge is 0.335 e. The Morgan fingerprint density at radius 2 is 0.640 bits per heavy atom. The number of imide groups is 2. The summed E-state index contributed by atoms with van der Waals surface area (Å²) < 4.78 is 71.3. The lowest BCUT2D eigenvalue weighted by atomic mass is 9.97. The first-order chi connectivity index (χ1) is 65.6. The molecular formula is C93H128N6O40. The zero-order valence-corrected chi connectivity index (χ0v) is 78.7. The first-order valence-corrected chi connectivity index (χ1v) is 45.1. The van der Waals surface area contributed by atoms with E-state index in [-0.39, 0.29) is 126 Å². The number of amides is 8. The zero-order valence-electron chi connectivity index (χ0n) is 78.7. The number of esters is 3. The van der Waals surface area contributed by atoms with Crippen molar-refractivity contribution in [3.8, 4) is 17.2 Å². The Morgan fingerprint density at radius 1 is 0.345 bits per heavy atom. The number of aliphatic hydroxyl groups is 10. The molecule has 1 unspecified atom stereocenters. The molecule has 8 amide bonds. The molecule has 3 saturated heterocycles. The van der Waals surface area contributed by atoms with E-state index in [4.69, 9.17) is 61.6 Å². The maximum absolute atomic E-state index is 12.4. The van der Waals surface area contributed by atoms with Crippen LogP contribution in [0.25, 0.3) is 0 Å². The highest BCUT2D eigenvalue weighted by atomic mass is 16.7. The molecule has 46 heteroatoms. The number of aryl methyl sites for hydroxylation is 3. The number of ether oxygens (including phenoxy) is 13. The van der Waals surface area contributed by atoms with Gasteiger partial charge >= 0.3 is 35.8 Å². The van der Waals surface area contributed by atoms with Crippen molar-refractivity contribution in [2.24, 2.45) is 16.2 Å². The van der Waals surface area contributed by atoms with Crippen LogP contribution in [0.3, 0.4) is 0 Å². The summed E-state index contributed by atoms with van der Waals surface area (Å²) in [6.07, 6.45) is -16.2. The van der Waals surface area contributed by atoms with E-state index >= 15 is 0 Å². The predicted octanol–water partition coefficient (Wildman–Crippen LogP) is -1.52. The van der Waals surface area contributed by atoms with Gasteiger partial charge in [0.25, 0.3) is 23.6 Å². The molecule has 6 aliphatic rings. The summed E-state index contributed by atoms with van der Waals surface area (Å²) in [5, 5.41) is 137. The van der Waals surface area contributed by atoms with E-state index in [1.807, 2.05) is 0 Å². The Morgan fingerprint density at radius 3 is 0.950 bits per heavy atom. The molecule has 3 fully saturated rings. The highest BCUT2D eigenvalue weighted by molar-refractivity contribution is 6.13. The fourth-order valence-electron chi connectivity index (χ4n) is 13.5. The van der Waals surface area contributed by atoms with Crippen LogP contribution in [-0.2, 0) is 154 Å². The van der Waals surface area contributed by atoms with Crippen LogP contribution in [0.2, 0.25) is 0 Å². The van der Waals surface area contributed by atoms with Gasteiger partial charge in [-0.2, -0.15) is 0 Å². The van der Waals surface area contributed by atoms with Gasteiger partial charge < -0.3 is 149 Å². The molecule has 0 radical (unpaired) electrons. The minimum Gasteiger partial charge on any atom is -0.479 e. The maximum Gasteiger partial charge on any atom is 0.335 e. The predicted molar refractivity (Wildman–Crippen MR) is 476 cm³/mol. The van der Waals surface area contributed by atoms with Crippen molar-refractivity contribution in [2.75, 3.05) is 92.1 Å². The van der Waals surface area contributed by atoms with Crippen molar-refractivity contribution in [3.63, 3.8) is 0 Å². The zero-order chi connectivity index (χ0) is 103. The molecular weight excluding hydrogens is 1840 g/mol. The summed E-state index contributed by atoms with van der Waals surface area (Å²) in [5.41, 5.74) is 1.40. The fraction of sp³-hybridized carbons (Fsp3) is 0.591. The van der Waals surface area contributed by atoms with E-state index in [2.05, 4.69) is 16.0 Å². The molecule has 139 heavy (non-hydrogen) atoms. The van der Waals surface area contributed by atoms with Crippen LogP contribution in [-0.4, -0.2) is 355 Å². The number of nitrogens with one attached hydrogen (secondary N) is 3. The fourth-order valence-corrected chi connectivity index (χ4v) is 13.5. The number of carbonyl (C=O) groups is 14. The summed E-state index contributed by atoms with van der Waals surface area (Å²) in [5.74, 6) is -8.63. The van der Waals surface area contributed by atoms with Crippen molar-refractivity contribution >= 4 is 83.1 Å². The Labute approximate surface area is 800 Å². The highest BCUT2D eigenvalue weighted by Gasteiger charge is 2.51. The number of hydrogen-bond acceptors (Lipinski definition) is 37. The number of aliphatic hydroxyl groups excluding tert-OH is 10. The molecule has 0 aliphatic carbocycles. The molecule has 0 saturated carbocycles. The first-order valence-electron chi connectivity index (χ1n) is 45.1. The van der Waals surface area contributed by atoms with Gasteiger partial charge in [-0.25, -0.2) is 14.4 Å². The number of unbranched alkanes of at least 4 members (excludes halogenated alkanes) is 1. The van der Waals surface area contributed by atoms with E-state index < -0.39 is 174 Å². The SMILES string of the molecule is CC(C)(C)C(=O)OCc1cc(CCCCNC(=O)CCN2C(=O)C=CC2=O)ccc1O[C@@H]1O[C@H](C(=O)O)[C@@H](O)[C@H](O)[C@H]1O.CC(C)(C)C(=O)OCc1cc(CCCOCCNC(=O)CCN2C(=O)C=CC2O)ccc1O[C@@H]1O[C@H](C(=O)O)[C@@H](O)[C@H](O)[C@H]1O.CC(C)(C)C(=O)OCc1cc(CCCOCCOCCOCCNC(=O)CCN2C(=O)C=CC2=O)ccc1O[C@@H]1O[C@H](C(=O)O)[C@@H](O)[C@H](O)[C@H]1O. The molecule has 16 N–H and O–H groups in total. The molecule has 3 aromatic rings. The summed E-state index contributed by atoms with van der Waals surface area (Å²) in [6, 6.07) is 15.0. The van der Waals surface area contributed by atoms with Crippen molar-refractivity contribution < 1.29 is 195 Å². The standard InChI is InChI=1S/C34H48N2O15.C30H42N2O13.C29H38N2O12/c1-34(2,3)33(45)49-20-22-19-21(6-7-23(22)50-32-29(42)27(40)28(41)30(51-32)31(43)44)5-4-13-46-15-17-48-18-16-47-14-11-35-24(37)10-12-36-25(38)8-9-26(36)39;1-30(2,3)29(41)43-16-18-15-17(6-7-19(18)44-28-25(38)23(36)24(37)26(45-28)27(39)40)5-4-13-42-14-11-31-20(33)10-12-32-21(34)8-9-22(32)35;1-29(2,3)28(40)41-15-17-14-16(6-4-5-12-30-19(32)11-13-31-20(33)9-10-21(31)34)7-8-18(17)42-27-24(37)22(35)23(36)25(43-27)26(38)39/h6-9,19,27-30,32,40-42H,4-5,10-18,20H2,1-3H3,(H,35,37)(H,43,44);6-9,15,21,23-26,28,34,36-38H,4-5,10-14,16H2,1-3H3,(H,31,33)(H,39,40);7-10,14,22-25,27,35-37H,4-6,11-13,15H2,1-3H3,(H,30,32)(H,38,39)/t27-,28-,29+,30-,32+;21?,23-,24-,25+,26-,28+;22-,23-,24+,25-,27+/m000/s1. The van der Waals surface area contributed by atoms with Gasteiger partial charge in [0, 0.05) is 119 Å². The number of carboxylic acids is 3. The molecule has 46 nitrogen and oxygen atoms in total. The molecule has 770 valence electrons. The number of carbonyl (C=O) groups excluding carboxylic acids is 11. The maximum atomic E-state index is 12.4. The number of rotatable bonds is 49. The molecule has 0 aromatic heterocycles. The van der Waals surface area contributed by atoms with Gasteiger partial charge in [-0.3, -0.25) is 62.5 Å². The third kappa shape index (κ3) is 36.3.